The van der Waals surface area contributed by atoms with Gasteiger partial charge in [-0.1, -0.05) is 37.0 Å². The molecule has 0 saturated heterocycles. The lowest BCUT2D eigenvalue weighted by Gasteiger charge is -2.12. The van der Waals surface area contributed by atoms with Gasteiger partial charge in [-0.3, -0.25) is 0 Å². The Kier molecular flexibility index (Phi) is 4.81. The average Bonchev–Trinajstić information content (AvgIpc) is 2.42. The van der Waals surface area contributed by atoms with Crippen molar-refractivity contribution in [3.05, 3.63) is 46.0 Å². The van der Waals surface area contributed by atoms with Crippen LogP contribution in [0.5, 0.6) is 11.5 Å². The minimum atomic E-state index is 0.230. The summed E-state index contributed by atoms with van der Waals surface area (Å²) in [6.45, 7) is 4.31. The number of rotatable bonds is 4. The summed E-state index contributed by atoms with van der Waals surface area (Å²) in [5.41, 5.74) is 6.36. The average molecular weight is 312 g/mol. The first-order valence-electron chi connectivity index (χ1n) is 6.20. The van der Waals surface area contributed by atoms with E-state index < -0.39 is 0 Å². The van der Waals surface area contributed by atoms with Gasteiger partial charge in [0.15, 0.2) is 5.75 Å². The van der Waals surface area contributed by atoms with Crippen LogP contribution in [0.4, 0.5) is 0 Å². The van der Waals surface area contributed by atoms with E-state index in [1.165, 1.54) is 0 Å². The van der Waals surface area contributed by atoms with E-state index >= 15 is 0 Å². The topological polar surface area (TPSA) is 61.0 Å². The number of ether oxygens (including phenoxy) is 1. The summed E-state index contributed by atoms with van der Waals surface area (Å²) in [6.07, 6.45) is 1.62. The highest BCUT2D eigenvalue weighted by atomic mass is 35.5. The molecule has 1 heterocycles. The maximum Gasteiger partial charge on any atom is 0.168 e. The Bertz CT molecular complexity index is 617. The highest BCUT2D eigenvalue weighted by Gasteiger charge is 2.12. The second-order valence-electron chi connectivity index (χ2n) is 4.57. The molecule has 0 saturated carbocycles. The maximum atomic E-state index is 6.08. The molecule has 4 nitrogen and oxygen atoms in total. The molecule has 0 atom stereocenters. The normalized spacial score (nSPS) is 10.9. The summed E-state index contributed by atoms with van der Waals surface area (Å²) in [5.74, 6) is 1.96. The van der Waals surface area contributed by atoms with Crippen molar-refractivity contribution in [1.82, 2.24) is 9.97 Å². The highest BCUT2D eigenvalue weighted by molar-refractivity contribution is 6.35. The zero-order chi connectivity index (χ0) is 14.7. The fraction of sp³-hybridized carbons (Fsp3) is 0.286. The number of aromatic nitrogens is 2. The first-order chi connectivity index (χ1) is 9.51. The minimum Gasteiger partial charge on any atom is -0.452 e. The molecule has 1 aromatic heterocycles. The standard InChI is InChI=1S/C14H15Cl2N3O/c1-8(2)14-18-7-13(11(6-17)19-14)20-12-4-3-9(15)5-10(12)16/h3-5,7-8H,6,17H2,1-2H3. The summed E-state index contributed by atoms with van der Waals surface area (Å²) in [6, 6.07) is 5.01. The van der Waals surface area contributed by atoms with Crippen LogP contribution < -0.4 is 10.5 Å². The molecular weight excluding hydrogens is 297 g/mol. The largest absolute Gasteiger partial charge is 0.452 e. The van der Waals surface area contributed by atoms with E-state index in [-0.39, 0.29) is 12.5 Å². The molecule has 1 aromatic carbocycles. The molecule has 6 heteroatoms. The number of halogens is 2. The molecule has 0 radical (unpaired) electrons. The summed E-state index contributed by atoms with van der Waals surface area (Å²) in [7, 11) is 0. The molecule has 0 bridgehead atoms. The summed E-state index contributed by atoms with van der Waals surface area (Å²) in [4.78, 5) is 8.67. The third-order valence-electron chi connectivity index (χ3n) is 2.67. The molecule has 0 unspecified atom stereocenters. The van der Waals surface area contributed by atoms with Crippen LogP contribution in [0, 0.1) is 0 Å². The number of hydrogen-bond acceptors (Lipinski definition) is 4. The Morgan fingerprint density at radius 3 is 2.60 bits per heavy atom. The summed E-state index contributed by atoms with van der Waals surface area (Å²) in [5, 5.41) is 0.973. The molecule has 0 aliphatic carbocycles. The van der Waals surface area contributed by atoms with Crippen molar-refractivity contribution in [2.45, 2.75) is 26.3 Å². The van der Waals surface area contributed by atoms with E-state index in [1.807, 2.05) is 13.8 Å². The number of nitrogens with zero attached hydrogens (tertiary/aromatic N) is 2. The van der Waals surface area contributed by atoms with E-state index in [1.54, 1.807) is 24.4 Å². The van der Waals surface area contributed by atoms with E-state index in [4.69, 9.17) is 33.7 Å². The second-order valence-corrected chi connectivity index (χ2v) is 5.42. The molecule has 2 aromatic rings. The van der Waals surface area contributed by atoms with Crippen molar-refractivity contribution in [2.24, 2.45) is 5.73 Å². The zero-order valence-corrected chi connectivity index (χ0v) is 12.7. The Balaban J connectivity index is 2.33. The SMILES string of the molecule is CC(C)c1ncc(Oc2ccc(Cl)cc2Cl)c(CN)n1. The minimum absolute atomic E-state index is 0.230. The van der Waals surface area contributed by atoms with Crippen LogP contribution in [0.15, 0.2) is 24.4 Å². The van der Waals surface area contributed by atoms with Gasteiger partial charge in [0.05, 0.1) is 11.2 Å². The van der Waals surface area contributed by atoms with E-state index in [2.05, 4.69) is 9.97 Å². The Morgan fingerprint density at radius 2 is 2.00 bits per heavy atom. The molecular formula is C14H15Cl2N3O. The molecule has 0 aliphatic rings. The first kappa shape index (κ1) is 15.0. The van der Waals surface area contributed by atoms with Gasteiger partial charge in [-0.05, 0) is 18.2 Å². The highest BCUT2D eigenvalue weighted by Crippen LogP contribution is 2.32. The lowest BCUT2D eigenvalue weighted by Crippen LogP contribution is -2.07. The van der Waals surface area contributed by atoms with Crippen LogP contribution >= 0.6 is 23.2 Å². The molecule has 106 valence electrons. The van der Waals surface area contributed by atoms with Crippen LogP contribution in [0.25, 0.3) is 0 Å². The molecule has 0 amide bonds. The van der Waals surface area contributed by atoms with Crippen molar-refractivity contribution in [2.75, 3.05) is 0 Å². The molecule has 0 fully saturated rings. The quantitative estimate of drug-likeness (QED) is 0.921. The third-order valence-corrected chi connectivity index (χ3v) is 3.20. The van der Waals surface area contributed by atoms with Gasteiger partial charge in [0.1, 0.15) is 17.3 Å². The lowest BCUT2D eigenvalue weighted by molar-refractivity contribution is 0.467. The maximum absolute atomic E-state index is 6.08. The van der Waals surface area contributed by atoms with Gasteiger partial charge in [-0.2, -0.15) is 0 Å². The Labute approximate surface area is 127 Å². The fourth-order valence-electron chi connectivity index (χ4n) is 1.61. The Morgan fingerprint density at radius 1 is 1.25 bits per heavy atom. The van der Waals surface area contributed by atoms with Crippen molar-refractivity contribution >= 4 is 23.2 Å². The number of nitrogens with two attached hydrogens (primary N) is 1. The van der Waals surface area contributed by atoms with Gasteiger partial charge < -0.3 is 10.5 Å². The second kappa shape index (κ2) is 6.39. The van der Waals surface area contributed by atoms with Crippen LogP contribution in [-0.4, -0.2) is 9.97 Å². The van der Waals surface area contributed by atoms with Gasteiger partial charge in [0, 0.05) is 17.5 Å². The molecule has 20 heavy (non-hydrogen) atoms. The smallest absolute Gasteiger partial charge is 0.168 e. The molecule has 2 rings (SSSR count). The van der Waals surface area contributed by atoms with Crippen molar-refractivity contribution in [1.29, 1.82) is 0 Å². The first-order valence-corrected chi connectivity index (χ1v) is 6.95. The Hall–Kier alpha value is -1.36. The van der Waals surface area contributed by atoms with Crippen LogP contribution in [0.3, 0.4) is 0 Å². The predicted octanol–water partition coefficient (Wildman–Crippen LogP) is 4.16. The van der Waals surface area contributed by atoms with E-state index in [0.29, 0.717) is 27.2 Å². The van der Waals surface area contributed by atoms with Gasteiger partial charge in [-0.15, -0.1) is 0 Å². The number of hydrogen-bond donors (Lipinski definition) is 1. The number of benzene rings is 1. The van der Waals surface area contributed by atoms with Gasteiger partial charge in [-0.25, -0.2) is 9.97 Å². The monoisotopic (exact) mass is 311 g/mol. The van der Waals surface area contributed by atoms with E-state index in [0.717, 1.165) is 5.82 Å². The predicted molar refractivity (Wildman–Crippen MR) is 80.5 cm³/mol. The fourth-order valence-corrected chi connectivity index (χ4v) is 2.05. The van der Waals surface area contributed by atoms with Gasteiger partial charge in [0.2, 0.25) is 0 Å². The lowest BCUT2D eigenvalue weighted by atomic mass is 10.2. The van der Waals surface area contributed by atoms with Crippen LogP contribution in [0.1, 0.15) is 31.3 Å². The molecule has 0 aliphatic heterocycles. The molecule has 2 N–H and O–H groups in total. The zero-order valence-electron chi connectivity index (χ0n) is 11.2. The van der Waals surface area contributed by atoms with Crippen molar-refractivity contribution in [3.63, 3.8) is 0 Å². The summed E-state index contributed by atoms with van der Waals surface area (Å²) < 4.78 is 5.73. The van der Waals surface area contributed by atoms with Crippen molar-refractivity contribution < 1.29 is 4.74 Å². The van der Waals surface area contributed by atoms with Crippen LogP contribution in [0.2, 0.25) is 10.0 Å². The van der Waals surface area contributed by atoms with Crippen LogP contribution in [-0.2, 0) is 6.54 Å². The molecule has 0 spiro atoms. The summed E-state index contributed by atoms with van der Waals surface area (Å²) >= 11 is 11.9. The van der Waals surface area contributed by atoms with E-state index in [9.17, 15) is 0 Å². The van der Waals surface area contributed by atoms with Gasteiger partial charge >= 0.3 is 0 Å². The van der Waals surface area contributed by atoms with Gasteiger partial charge in [0.25, 0.3) is 0 Å². The van der Waals surface area contributed by atoms with Crippen molar-refractivity contribution in [3.8, 4) is 11.5 Å². The third kappa shape index (κ3) is 3.39.